The van der Waals surface area contributed by atoms with Gasteiger partial charge in [-0.2, -0.15) is 0 Å². The van der Waals surface area contributed by atoms with Crippen LogP contribution < -0.4 is 10.2 Å². The Kier molecular flexibility index (Phi) is 5.64. The molecule has 1 amide bonds. The van der Waals surface area contributed by atoms with E-state index < -0.39 is 0 Å². The van der Waals surface area contributed by atoms with Gasteiger partial charge in [0, 0.05) is 12.0 Å². The summed E-state index contributed by atoms with van der Waals surface area (Å²) in [6.07, 6.45) is 2.82. The van der Waals surface area contributed by atoms with E-state index in [9.17, 15) is 4.79 Å². The van der Waals surface area contributed by atoms with E-state index in [0.717, 1.165) is 47.4 Å². The molecule has 0 radical (unpaired) electrons. The highest BCUT2D eigenvalue weighted by molar-refractivity contribution is 5.79. The van der Waals surface area contributed by atoms with E-state index in [2.05, 4.69) is 9.97 Å². The maximum absolute atomic E-state index is 10.9. The molecule has 25 heavy (non-hydrogen) atoms. The molecule has 1 aromatic heterocycles. The number of aromatic nitrogens is 2. The molecule has 0 unspecified atom stereocenters. The van der Waals surface area contributed by atoms with E-state index in [4.69, 9.17) is 9.94 Å². The Balaban J connectivity index is 1.48. The fourth-order valence-corrected chi connectivity index (χ4v) is 2.61. The van der Waals surface area contributed by atoms with Crippen LogP contribution in [-0.4, -0.2) is 27.7 Å². The molecule has 0 aliphatic carbocycles. The topological polar surface area (TPSA) is 87.2 Å². The first-order valence-electron chi connectivity index (χ1n) is 8.37. The van der Waals surface area contributed by atoms with E-state index in [0.29, 0.717) is 13.0 Å². The number of carbonyl (C=O) groups is 1. The molecule has 0 aliphatic rings. The minimum atomic E-state index is -0.345. The number of rotatable bonds is 8. The number of imidazole rings is 1. The predicted molar refractivity (Wildman–Crippen MR) is 95.4 cm³/mol. The molecule has 0 saturated carbocycles. The summed E-state index contributed by atoms with van der Waals surface area (Å²) in [6.45, 7) is 0.602. The fourth-order valence-electron chi connectivity index (χ4n) is 2.61. The van der Waals surface area contributed by atoms with Gasteiger partial charge in [0.15, 0.2) is 0 Å². The quantitative estimate of drug-likeness (QED) is 0.332. The van der Waals surface area contributed by atoms with Crippen molar-refractivity contribution in [3.05, 3.63) is 48.5 Å². The van der Waals surface area contributed by atoms with Crippen LogP contribution in [-0.2, 0) is 4.79 Å². The van der Waals surface area contributed by atoms with Crippen molar-refractivity contribution in [1.29, 1.82) is 0 Å². The van der Waals surface area contributed by atoms with Crippen molar-refractivity contribution in [3.63, 3.8) is 0 Å². The van der Waals surface area contributed by atoms with Crippen molar-refractivity contribution in [2.45, 2.75) is 25.7 Å². The third-order valence-electron chi connectivity index (χ3n) is 3.96. The number of nitrogens with one attached hydrogen (secondary N) is 2. The average molecular weight is 339 g/mol. The van der Waals surface area contributed by atoms with Crippen molar-refractivity contribution in [1.82, 2.24) is 15.4 Å². The third-order valence-corrected chi connectivity index (χ3v) is 3.96. The van der Waals surface area contributed by atoms with Crippen molar-refractivity contribution in [2.24, 2.45) is 0 Å². The summed E-state index contributed by atoms with van der Waals surface area (Å²) in [4.78, 5) is 18.8. The normalized spacial score (nSPS) is 10.8. The molecule has 0 spiro atoms. The minimum Gasteiger partial charge on any atom is -0.494 e. The van der Waals surface area contributed by atoms with Crippen molar-refractivity contribution in [3.8, 4) is 17.1 Å². The van der Waals surface area contributed by atoms with Crippen LogP contribution in [0.1, 0.15) is 25.7 Å². The van der Waals surface area contributed by atoms with Crippen molar-refractivity contribution in [2.75, 3.05) is 6.61 Å². The number of H-pyrrole nitrogens is 1. The number of hydroxylamine groups is 1. The SMILES string of the molecule is O=C(CCCCCOc1ccc(-c2nc3ccccc3[nH]2)cc1)NO. The van der Waals surface area contributed by atoms with Crippen LogP contribution >= 0.6 is 0 Å². The maximum atomic E-state index is 10.9. The maximum Gasteiger partial charge on any atom is 0.243 e. The number of benzene rings is 2. The molecule has 0 saturated heterocycles. The van der Waals surface area contributed by atoms with Crippen LogP contribution in [0.5, 0.6) is 5.75 Å². The Hall–Kier alpha value is -2.86. The highest BCUT2D eigenvalue weighted by Crippen LogP contribution is 2.22. The number of hydrogen-bond donors (Lipinski definition) is 3. The zero-order valence-electron chi connectivity index (χ0n) is 13.9. The lowest BCUT2D eigenvalue weighted by atomic mass is 10.2. The zero-order chi connectivity index (χ0) is 17.5. The van der Waals surface area contributed by atoms with Crippen LogP contribution in [0, 0.1) is 0 Å². The summed E-state index contributed by atoms with van der Waals surface area (Å²) in [5, 5.41) is 8.40. The standard InChI is InChI=1S/C19H21N3O3/c23-18(22-24)8-2-1-5-13-25-15-11-9-14(10-12-15)19-20-16-6-3-4-7-17(16)21-19/h3-4,6-7,9-12,24H,1-2,5,8,13H2,(H,20,21)(H,22,23). The Morgan fingerprint density at radius 2 is 1.88 bits per heavy atom. The monoisotopic (exact) mass is 339 g/mol. The third kappa shape index (κ3) is 4.58. The molecular formula is C19H21N3O3. The van der Waals surface area contributed by atoms with Gasteiger partial charge in [0.1, 0.15) is 11.6 Å². The molecule has 0 fully saturated rings. The zero-order valence-corrected chi connectivity index (χ0v) is 13.9. The van der Waals surface area contributed by atoms with Gasteiger partial charge in [-0.3, -0.25) is 10.0 Å². The van der Waals surface area contributed by atoms with Gasteiger partial charge in [0.05, 0.1) is 17.6 Å². The Morgan fingerprint density at radius 1 is 1.08 bits per heavy atom. The van der Waals surface area contributed by atoms with E-state index in [1.54, 1.807) is 5.48 Å². The Labute approximate surface area is 145 Å². The molecule has 0 bridgehead atoms. The van der Waals surface area contributed by atoms with Gasteiger partial charge in [0.25, 0.3) is 0 Å². The summed E-state index contributed by atoms with van der Waals surface area (Å²) < 4.78 is 5.71. The molecule has 3 rings (SSSR count). The summed E-state index contributed by atoms with van der Waals surface area (Å²) in [6, 6.07) is 15.8. The predicted octanol–water partition coefficient (Wildman–Crippen LogP) is 3.67. The number of aromatic amines is 1. The number of amides is 1. The second-order valence-electron chi connectivity index (χ2n) is 5.82. The molecule has 3 N–H and O–H groups in total. The second-order valence-corrected chi connectivity index (χ2v) is 5.82. The molecule has 6 nitrogen and oxygen atoms in total. The van der Waals surface area contributed by atoms with Gasteiger partial charge in [-0.1, -0.05) is 12.1 Å². The molecule has 3 aromatic rings. The van der Waals surface area contributed by atoms with Crippen LogP contribution in [0.3, 0.4) is 0 Å². The van der Waals surface area contributed by atoms with Crippen LogP contribution in [0.2, 0.25) is 0 Å². The van der Waals surface area contributed by atoms with Gasteiger partial charge in [-0.15, -0.1) is 0 Å². The average Bonchev–Trinajstić information content (AvgIpc) is 3.09. The molecule has 6 heteroatoms. The van der Waals surface area contributed by atoms with Crippen LogP contribution in [0.25, 0.3) is 22.4 Å². The second kappa shape index (κ2) is 8.30. The van der Waals surface area contributed by atoms with Gasteiger partial charge in [-0.25, -0.2) is 10.5 Å². The smallest absolute Gasteiger partial charge is 0.243 e. The number of hydrogen-bond acceptors (Lipinski definition) is 4. The lowest BCUT2D eigenvalue weighted by molar-refractivity contribution is -0.129. The highest BCUT2D eigenvalue weighted by atomic mass is 16.5. The van der Waals surface area contributed by atoms with Crippen molar-refractivity contribution >= 4 is 16.9 Å². The number of para-hydroxylation sites is 2. The summed E-state index contributed by atoms with van der Waals surface area (Å²) >= 11 is 0. The van der Waals surface area contributed by atoms with E-state index in [-0.39, 0.29) is 5.91 Å². The van der Waals surface area contributed by atoms with Gasteiger partial charge in [0.2, 0.25) is 5.91 Å². The number of nitrogens with zero attached hydrogens (tertiary/aromatic N) is 1. The van der Waals surface area contributed by atoms with Crippen molar-refractivity contribution < 1.29 is 14.7 Å². The van der Waals surface area contributed by atoms with Crippen LogP contribution in [0.15, 0.2) is 48.5 Å². The molecule has 2 aromatic carbocycles. The number of fused-ring (bicyclic) bond motifs is 1. The summed E-state index contributed by atoms with van der Waals surface area (Å²) in [5.41, 5.74) is 4.62. The molecule has 1 heterocycles. The van der Waals surface area contributed by atoms with E-state index in [1.807, 2.05) is 48.5 Å². The van der Waals surface area contributed by atoms with Gasteiger partial charge >= 0.3 is 0 Å². The van der Waals surface area contributed by atoms with Gasteiger partial charge in [-0.05, 0) is 55.7 Å². The van der Waals surface area contributed by atoms with E-state index in [1.165, 1.54) is 0 Å². The molecular weight excluding hydrogens is 318 g/mol. The first kappa shape index (κ1) is 17.0. The lowest BCUT2D eigenvalue weighted by Gasteiger charge is -2.06. The molecule has 0 aliphatic heterocycles. The first-order valence-corrected chi connectivity index (χ1v) is 8.37. The number of carbonyl (C=O) groups excluding carboxylic acids is 1. The minimum absolute atomic E-state index is 0.336. The lowest BCUT2D eigenvalue weighted by Crippen LogP contribution is -2.17. The highest BCUT2D eigenvalue weighted by Gasteiger charge is 2.05. The molecule has 0 atom stereocenters. The van der Waals surface area contributed by atoms with E-state index >= 15 is 0 Å². The van der Waals surface area contributed by atoms with Gasteiger partial charge < -0.3 is 9.72 Å². The molecule has 130 valence electrons. The summed E-state index contributed by atoms with van der Waals surface area (Å²) in [7, 11) is 0. The Bertz CT molecular complexity index is 794. The Morgan fingerprint density at radius 3 is 2.64 bits per heavy atom. The number of ether oxygens (including phenoxy) is 1. The van der Waals surface area contributed by atoms with Crippen LogP contribution in [0.4, 0.5) is 0 Å². The summed E-state index contributed by atoms with van der Waals surface area (Å²) in [5.74, 6) is 1.31. The first-order chi connectivity index (χ1) is 12.3. The largest absolute Gasteiger partial charge is 0.494 e. The fraction of sp³-hybridized carbons (Fsp3) is 0.263. The number of unbranched alkanes of at least 4 members (excludes halogenated alkanes) is 2.